The molecule has 5 unspecified atom stereocenters. The lowest BCUT2D eigenvalue weighted by atomic mass is 9.99. The zero-order valence-corrected chi connectivity index (χ0v) is 19.9. The molecule has 0 saturated carbocycles. The molecule has 0 spiro atoms. The van der Waals surface area contributed by atoms with Gasteiger partial charge in [0.05, 0.1) is 0 Å². The van der Waals surface area contributed by atoms with Gasteiger partial charge in [-0.15, -0.1) is 0 Å². The van der Waals surface area contributed by atoms with Crippen LogP contribution in [0.1, 0.15) is 5.56 Å². The zero-order valence-electron chi connectivity index (χ0n) is 19.2. The van der Waals surface area contributed by atoms with E-state index in [2.05, 4.69) is 11.9 Å². The third kappa shape index (κ3) is 7.90. The molecule has 1 aliphatic rings. The second kappa shape index (κ2) is 13.0. The number of esters is 1. The van der Waals surface area contributed by atoms with Crippen LogP contribution in [0.25, 0.3) is 0 Å². The van der Waals surface area contributed by atoms with E-state index in [4.69, 9.17) is 35.3 Å². The van der Waals surface area contributed by atoms with Gasteiger partial charge in [0.25, 0.3) is 0 Å². The van der Waals surface area contributed by atoms with Gasteiger partial charge in [0.15, 0.2) is 6.10 Å². The van der Waals surface area contributed by atoms with E-state index in [1.165, 1.54) is 30.3 Å². The van der Waals surface area contributed by atoms with Gasteiger partial charge in [0.1, 0.15) is 37.3 Å². The van der Waals surface area contributed by atoms with Crippen molar-refractivity contribution in [3.8, 4) is 5.75 Å². The molecule has 1 fully saturated rings. The molecule has 0 radical (unpaired) electrons. The minimum atomic E-state index is -1.85. The number of hydrogen-bond donors (Lipinski definition) is 4. The number of halogens is 1. The van der Waals surface area contributed by atoms with Crippen molar-refractivity contribution in [3.63, 3.8) is 0 Å². The molecular formula is C24H24ClNO11. The summed E-state index contributed by atoms with van der Waals surface area (Å²) in [5.41, 5.74) is 0.848. The maximum Gasteiger partial charge on any atom is 0.514 e. The molecule has 4 N–H and O–H groups in total. The van der Waals surface area contributed by atoms with Gasteiger partial charge >= 0.3 is 18.2 Å². The summed E-state index contributed by atoms with van der Waals surface area (Å²) in [5.74, 6) is -0.774. The molecule has 0 bridgehead atoms. The largest absolute Gasteiger partial charge is 0.514 e. The van der Waals surface area contributed by atoms with E-state index >= 15 is 0 Å². The first-order chi connectivity index (χ1) is 17.7. The molecule has 13 heteroatoms. The summed E-state index contributed by atoms with van der Waals surface area (Å²) in [5, 5.41) is 32.9. The van der Waals surface area contributed by atoms with Crippen LogP contribution < -0.4 is 10.1 Å². The van der Waals surface area contributed by atoms with Crippen LogP contribution in [0.2, 0.25) is 5.02 Å². The molecule has 12 nitrogen and oxygen atoms in total. The maximum absolute atomic E-state index is 12.3. The standard InChI is InChI=1S/C24H24ClNO11/c1-2-11-33-21(30)20-18(28)17(27)19(29)22(36-20)37-23(31)26-15-7-3-13(4-8-15)12-34-24(32)35-16-9-5-14(25)6-10-16/h2-10,17-20,22,27-29H,1,11-12H2,(H,26,31). The maximum atomic E-state index is 12.3. The predicted molar refractivity (Wildman–Crippen MR) is 127 cm³/mol. The van der Waals surface area contributed by atoms with Crippen LogP contribution in [0.4, 0.5) is 15.3 Å². The van der Waals surface area contributed by atoms with Crippen molar-refractivity contribution < 1.29 is 53.4 Å². The summed E-state index contributed by atoms with van der Waals surface area (Å²) < 4.78 is 24.9. The van der Waals surface area contributed by atoms with Crippen LogP contribution in [0.3, 0.4) is 0 Å². The number of rotatable bonds is 8. The first-order valence-electron chi connectivity index (χ1n) is 10.8. The molecule has 0 aliphatic carbocycles. The minimum Gasteiger partial charge on any atom is -0.459 e. The van der Waals surface area contributed by atoms with Crippen molar-refractivity contribution in [2.24, 2.45) is 0 Å². The van der Waals surface area contributed by atoms with E-state index in [1.54, 1.807) is 24.3 Å². The first-order valence-corrected chi connectivity index (χ1v) is 11.2. The Morgan fingerprint density at radius 1 is 0.973 bits per heavy atom. The number of aliphatic hydroxyl groups excluding tert-OH is 3. The second-order valence-corrected chi connectivity index (χ2v) is 8.07. The molecule has 37 heavy (non-hydrogen) atoms. The van der Waals surface area contributed by atoms with Gasteiger partial charge in [-0.25, -0.2) is 14.4 Å². The Morgan fingerprint density at radius 3 is 2.30 bits per heavy atom. The van der Waals surface area contributed by atoms with Crippen LogP contribution in [-0.4, -0.2) is 70.9 Å². The number of benzene rings is 2. The molecule has 3 rings (SSSR count). The third-order valence-corrected chi connectivity index (χ3v) is 5.19. The van der Waals surface area contributed by atoms with E-state index in [1.807, 2.05) is 0 Å². The van der Waals surface area contributed by atoms with E-state index in [9.17, 15) is 29.7 Å². The van der Waals surface area contributed by atoms with Crippen molar-refractivity contribution >= 4 is 35.5 Å². The van der Waals surface area contributed by atoms with Crippen LogP contribution >= 0.6 is 11.6 Å². The lowest BCUT2D eigenvalue weighted by Crippen LogP contribution is -2.61. The highest BCUT2D eigenvalue weighted by Crippen LogP contribution is 2.24. The monoisotopic (exact) mass is 537 g/mol. The SMILES string of the molecule is C=CCOC(=O)C1OC(OC(=O)Nc2ccc(COC(=O)Oc3ccc(Cl)cc3)cc2)C(O)C(O)C1O. The number of carbonyl (C=O) groups excluding carboxylic acids is 3. The Bertz CT molecular complexity index is 1090. The number of aliphatic hydroxyl groups is 3. The van der Waals surface area contributed by atoms with Gasteiger partial charge in [0, 0.05) is 10.7 Å². The summed E-state index contributed by atoms with van der Waals surface area (Å²) in [6.45, 7) is 3.09. The molecule has 5 atom stereocenters. The second-order valence-electron chi connectivity index (χ2n) is 7.64. The minimum absolute atomic E-state index is 0.108. The lowest BCUT2D eigenvalue weighted by molar-refractivity contribution is -0.278. The van der Waals surface area contributed by atoms with Gasteiger partial charge in [-0.1, -0.05) is 36.4 Å². The molecule has 0 aromatic heterocycles. The van der Waals surface area contributed by atoms with E-state index in [0.717, 1.165) is 0 Å². The number of carbonyl (C=O) groups is 3. The molecule has 1 aliphatic heterocycles. The molecule has 2 aromatic carbocycles. The highest BCUT2D eigenvalue weighted by Gasteiger charge is 2.49. The fourth-order valence-electron chi connectivity index (χ4n) is 3.07. The normalized spacial score (nSPS) is 22.9. The van der Waals surface area contributed by atoms with Crippen molar-refractivity contribution in [1.29, 1.82) is 0 Å². The lowest BCUT2D eigenvalue weighted by Gasteiger charge is -2.38. The molecule has 1 amide bonds. The highest BCUT2D eigenvalue weighted by molar-refractivity contribution is 6.30. The summed E-state index contributed by atoms with van der Waals surface area (Å²) in [4.78, 5) is 36.1. The summed E-state index contributed by atoms with van der Waals surface area (Å²) in [7, 11) is 0. The van der Waals surface area contributed by atoms with Gasteiger partial charge in [0.2, 0.25) is 6.29 Å². The van der Waals surface area contributed by atoms with Crippen LogP contribution in [-0.2, 0) is 30.3 Å². The van der Waals surface area contributed by atoms with Crippen LogP contribution in [0, 0.1) is 0 Å². The Labute approximate surface area is 215 Å². The summed E-state index contributed by atoms with van der Waals surface area (Å²) in [6.07, 6.45) is -9.70. The fraction of sp³-hybridized carbons (Fsp3) is 0.292. The molecule has 1 saturated heterocycles. The molecule has 198 valence electrons. The number of nitrogens with one attached hydrogen (secondary N) is 1. The quantitative estimate of drug-likeness (QED) is 0.168. The summed E-state index contributed by atoms with van der Waals surface area (Å²) >= 11 is 5.77. The molecule has 2 aromatic rings. The zero-order chi connectivity index (χ0) is 26.9. The average Bonchev–Trinajstić information content (AvgIpc) is 2.88. The number of hydrogen-bond acceptors (Lipinski definition) is 11. The molecule has 1 heterocycles. The van der Waals surface area contributed by atoms with E-state index < -0.39 is 48.9 Å². The Hall–Kier alpha value is -3.68. The third-order valence-electron chi connectivity index (χ3n) is 4.94. The van der Waals surface area contributed by atoms with Gasteiger partial charge in [-0.05, 0) is 42.0 Å². The van der Waals surface area contributed by atoms with E-state index in [0.29, 0.717) is 10.6 Å². The topological polar surface area (TPSA) is 170 Å². The van der Waals surface area contributed by atoms with Gasteiger partial charge < -0.3 is 39.0 Å². The first kappa shape index (κ1) is 27.9. The van der Waals surface area contributed by atoms with Crippen molar-refractivity contribution in [2.45, 2.75) is 37.3 Å². The van der Waals surface area contributed by atoms with Crippen molar-refractivity contribution in [1.82, 2.24) is 0 Å². The number of amides is 1. The number of anilines is 1. The van der Waals surface area contributed by atoms with Gasteiger partial charge in [-0.3, -0.25) is 5.32 Å². The Morgan fingerprint density at radius 2 is 1.65 bits per heavy atom. The summed E-state index contributed by atoms with van der Waals surface area (Å²) in [6, 6.07) is 12.2. The van der Waals surface area contributed by atoms with Crippen LogP contribution in [0.5, 0.6) is 5.75 Å². The van der Waals surface area contributed by atoms with Crippen LogP contribution in [0.15, 0.2) is 61.2 Å². The fourth-order valence-corrected chi connectivity index (χ4v) is 3.20. The predicted octanol–water partition coefficient (Wildman–Crippen LogP) is 2.14. The van der Waals surface area contributed by atoms with Crippen molar-refractivity contribution in [2.75, 3.05) is 11.9 Å². The Balaban J connectivity index is 1.49. The van der Waals surface area contributed by atoms with Gasteiger partial charge in [-0.2, -0.15) is 0 Å². The molecular weight excluding hydrogens is 514 g/mol. The van der Waals surface area contributed by atoms with E-state index in [-0.39, 0.29) is 24.7 Å². The Kier molecular flexibility index (Phi) is 9.83. The highest BCUT2D eigenvalue weighted by atomic mass is 35.5. The average molecular weight is 538 g/mol. The number of ether oxygens (including phenoxy) is 5. The van der Waals surface area contributed by atoms with Crippen molar-refractivity contribution in [3.05, 3.63) is 71.8 Å². The smallest absolute Gasteiger partial charge is 0.459 e.